The molecular formula is C18H22N2O5. The molecule has 1 N–H and O–H groups in total. The van der Waals surface area contributed by atoms with Gasteiger partial charge in [0.2, 0.25) is 5.75 Å². The van der Waals surface area contributed by atoms with Gasteiger partial charge in [-0.2, -0.15) is 5.10 Å². The van der Waals surface area contributed by atoms with E-state index in [1.807, 2.05) is 20.8 Å². The third-order valence-corrected chi connectivity index (χ3v) is 3.09. The van der Waals surface area contributed by atoms with E-state index in [0.717, 1.165) is 5.56 Å². The van der Waals surface area contributed by atoms with Gasteiger partial charge < -0.3 is 18.6 Å². The molecule has 0 saturated heterocycles. The van der Waals surface area contributed by atoms with Crippen LogP contribution < -0.4 is 19.6 Å². The van der Waals surface area contributed by atoms with Crippen molar-refractivity contribution in [3.05, 3.63) is 41.9 Å². The maximum Gasteiger partial charge on any atom is 0.271 e. The summed E-state index contributed by atoms with van der Waals surface area (Å²) in [6, 6.07) is 4.95. The molecule has 1 aromatic carbocycles. The van der Waals surface area contributed by atoms with E-state index >= 15 is 0 Å². The standard InChI is InChI=1S/C18H22N2O5/c1-4-23-15-9-14(10-16(24-5-2)17(15)25-6-3)18(21)20-19-11-13-7-8-22-12-13/h7-12H,4-6H2,1-3H3,(H,20,21). The molecule has 1 amide bonds. The number of nitrogens with one attached hydrogen (secondary N) is 1. The van der Waals surface area contributed by atoms with E-state index in [9.17, 15) is 4.79 Å². The van der Waals surface area contributed by atoms with Crippen LogP contribution in [-0.4, -0.2) is 31.9 Å². The zero-order chi connectivity index (χ0) is 18.1. The van der Waals surface area contributed by atoms with Crippen LogP contribution in [-0.2, 0) is 0 Å². The van der Waals surface area contributed by atoms with E-state index in [1.165, 1.54) is 18.7 Å². The molecule has 0 aliphatic rings. The van der Waals surface area contributed by atoms with Crippen molar-refractivity contribution < 1.29 is 23.4 Å². The fourth-order valence-corrected chi connectivity index (χ4v) is 2.10. The van der Waals surface area contributed by atoms with Crippen molar-refractivity contribution in [2.24, 2.45) is 5.10 Å². The number of carbonyl (C=O) groups is 1. The maximum atomic E-state index is 12.4. The second-order valence-electron chi connectivity index (χ2n) is 4.86. The molecule has 134 valence electrons. The highest BCUT2D eigenvalue weighted by Crippen LogP contribution is 2.39. The van der Waals surface area contributed by atoms with Crippen LogP contribution in [0.4, 0.5) is 0 Å². The summed E-state index contributed by atoms with van der Waals surface area (Å²) in [5, 5.41) is 3.90. The summed E-state index contributed by atoms with van der Waals surface area (Å²) in [5.41, 5.74) is 3.57. The first kappa shape index (κ1) is 18.4. The molecule has 0 radical (unpaired) electrons. The van der Waals surface area contributed by atoms with Gasteiger partial charge in [-0.05, 0) is 39.0 Å². The molecule has 1 heterocycles. The summed E-state index contributed by atoms with van der Waals surface area (Å²) in [4.78, 5) is 12.4. The Kier molecular flexibility index (Phi) is 6.88. The highest BCUT2D eigenvalue weighted by Gasteiger charge is 2.18. The molecule has 7 nitrogen and oxygen atoms in total. The lowest BCUT2D eigenvalue weighted by Crippen LogP contribution is -2.18. The van der Waals surface area contributed by atoms with E-state index in [4.69, 9.17) is 18.6 Å². The summed E-state index contributed by atoms with van der Waals surface area (Å²) >= 11 is 0. The van der Waals surface area contributed by atoms with Crippen LogP contribution in [0.25, 0.3) is 0 Å². The zero-order valence-corrected chi connectivity index (χ0v) is 14.6. The number of hydrazone groups is 1. The van der Waals surface area contributed by atoms with Gasteiger partial charge >= 0.3 is 0 Å². The first-order chi connectivity index (χ1) is 12.2. The van der Waals surface area contributed by atoms with Gasteiger partial charge in [0.15, 0.2) is 11.5 Å². The van der Waals surface area contributed by atoms with Crippen LogP contribution in [0.15, 0.2) is 40.2 Å². The van der Waals surface area contributed by atoms with Gasteiger partial charge in [-0.1, -0.05) is 0 Å². The Morgan fingerprint density at radius 3 is 2.28 bits per heavy atom. The molecular weight excluding hydrogens is 324 g/mol. The maximum absolute atomic E-state index is 12.4. The number of carbonyl (C=O) groups excluding carboxylic acids is 1. The molecule has 0 aliphatic carbocycles. The highest BCUT2D eigenvalue weighted by molar-refractivity contribution is 5.96. The number of amides is 1. The van der Waals surface area contributed by atoms with E-state index in [2.05, 4.69) is 10.5 Å². The smallest absolute Gasteiger partial charge is 0.271 e. The molecule has 25 heavy (non-hydrogen) atoms. The Labute approximate surface area is 146 Å². The van der Waals surface area contributed by atoms with E-state index in [1.54, 1.807) is 18.2 Å². The number of hydrogen-bond acceptors (Lipinski definition) is 6. The van der Waals surface area contributed by atoms with Gasteiger partial charge in [-0.25, -0.2) is 5.43 Å². The minimum atomic E-state index is -0.385. The first-order valence-electron chi connectivity index (χ1n) is 8.11. The summed E-state index contributed by atoms with van der Waals surface area (Å²) in [6.07, 6.45) is 4.54. The lowest BCUT2D eigenvalue weighted by atomic mass is 10.1. The van der Waals surface area contributed by atoms with Gasteiger partial charge in [-0.3, -0.25) is 4.79 Å². The Morgan fingerprint density at radius 2 is 1.76 bits per heavy atom. The number of hydrogen-bond donors (Lipinski definition) is 1. The Morgan fingerprint density at radius 1 is 1.12 bits per heavy atom. The molecule has 0 unspecified atom stereocenters. The average molecular weight is 346 g/mol. The molecule has 0 spiro atoms. The number of furan rings is 1. The lowest BCUT2D eigenvalue weighted by molar-refractivity contribution is 0.0954. The van der Waals surface area contributed by atoms with Crippen LogP contribution in [0.5, 0.6) is 17.2 Å². The van der Waals surface area contributed by atoms with Crippen molar-refractivity contribution in [3.8, 4) is 17.2 Å². The summed E-state index contributed by atoms with van der Waals surface area (Å²) in [6.45, 7) is 6.93. The van der Waals surface area contributed by atoms with Gasteiger partial charge in [-0.15, -0.1) is 0 Å². The van der Waals surface area contributed by atoms with Gasteiger partial charge in [0, 0.05) is 11.1 Å². The fraction of sp³-hybridized carbons (Fsp3) is 0.333. The second-order valence-corrected chi connectivity index (χ2v) is 4.86. The predicted molar refractivity (Wildman–Crippen MR) is 93.7 cm³/mol. The van der Waals surface area contributed by atoms with Gasteiger partial charge in [0.05, 0.1) is 38.6 Å². The number of rotatable bonds is 9. The number of nitrogens with zero attached hydrogens (tertiary/aromatic N) is 1. The average Bonchev–Trinajstić information content (AvgIpc) is 3.11. The largest absolute Gasteiger partial charge is 0.490 e. The Balaban J connectivity index is 2.24. The number of benzene rings is 1. The van der Waals surface area contributed by atoms with Crippen molar-refractivity contribution in [2.45, 2.75) is 20.8 Å². The molecule has 0 fully saturated rings. The molecule has 7 heteroatoms. The quantitative estimate of drug-likeness (QED) is 0.557. The Bertz CT molecular complexity index is 683. The third-order valence-electron chi connectivity index (χ3n) is 3.09. The molecule has 0 bridgehead atoms. The molecule has 0 atom stereocenters. The molecule has 1 aromatic heterocycles. The van der Waals surface area contributed by atoms with Crippen LogP contribution in [0.2, 0.25) is 0 Å². The van der Waals surface area contributed by atoms with Gasteiger partial charge in [0.1, 0.15) is 0 Å². The summed E-state index contributed by atoms with van der Waals surface area (Å²) in [5.74, 6) is 1.02. The fourth-order valence-electron chi connectivity index (χ4n) is 2.10. The molecule has 0 aliphatic heterocycles. The van der Waals surface area contributed by atoms with Crippen molar-refractivity contribution in [1.29, 1.82) is 0 Å². The van der Waals surface area contributed by atoms with E-state index in [0.29, 0.717) is 42.6 Å². The molecule has 0 saturated carbocycles. The SMILES string of the molecule is CCOc1cc(C(=O)NN=Cc2ccoc2)cc(OCC)c1OCC. The van der Waals surface area contributed by atoms with Crippen molar-refractivity contribution in [3.63, 3.8) is 0 Å². The minimum absolute atomic E-state index is 0.361. The Hall–Kier alpha value is -2.96. The van der Waals surface area contributed by atoms with Crippen LogP contribution in [0, 0.1) is 0 Å². The number of ether oxygens (including phenoxy) is 3. The summed E-state index contributed by atoms with van der Waals surface area (Å²) < 4.78 is 21.7. The first-order valence-corrected chi connectivity index (χ1v) is 8.11. The van der Waals surface area contributed by atoms with Crippen molar-refractivity contribution >= 4 is 12.1 Å². The highest BCUT2D eigenvalue weighted by atomic mass is 16.5. The third kappa shape index (κ3) is 5.00. The van der Waals surface area contributed by atoms with Crippen molar-refractivity contribution in [2.75, 3.05) is 19.8 Å². The molecule has 2 rings (SSSR count). The minimum Gasteiger partial charge on any atom is -0.490 e. The van der Waals surface area contributed by atoms with Crippen LogP contribution in [0.1, 0.15) is 36.7 Å². The van der Waals surface area contributed by atoms with E-state index in [-0.39, 0.29) is 5.91 Å². The van der Waals surface area contributed by atoms with Gasteiger partial charge in [0.25, 0.3) is 5.91 Å². The predicted octanol–water partition coefficient (Wildman–Crippen LogP) is 3.24. The monoisotopic (exact) mass is 346 g/mol. The summed E-state index contributed by atoms with van der Waals surface area (Å²) in [7, 11) is 0. The van der Waals surface area contributed by atoms with Crippen molar-refractivity contribution in [1.82, 2.24) is 5.43 Å². The second kappa shape index (κ2) is 9.36. The normalized spacial score (nSPS) is 10.7. The van der Waals surface area contributed by atoms with Crippen LogP contribution in [0.3, 0.4) is 0 Å². The van der Waals surface area contributed by atoms with Crippen LogP contribution >= 0.6 is 0 Å². The zero-order valence-electron chi connectivity index (χ0n) is 14.6. The van der Waals surface area contributed by atoms with E-state index < -0.39 is 0 Å². The topological polar surface area (TPSA) is 82.3 Å². The lowest BCUT2D eigenvalue weighted by Gasteiger charge is -2.16. The molecule has 2 aromatic rings.